The molecule has 1 fully saturated rings. The van der Waals surface area contributed by atoms with Gasteiger partial charge in [0.25, 0.3) is 0 Å². The van der Waals surface area contributed by atoms with Gasteiger partial charge in [-0.15, -0.1) is 0 Å². The summed E-state index contributed by atoms with van der Waals surface area (Å²) in [5.74, 6) is 2.42. The minimum atomic E-state index is 0.499. The molecular weight excluding hydrogens is 272 g/mol. The van der Waals surface area contributed by atoms with Crippen LogP contribution < -0.4 is 16.4 Å². The number of aliphatic imine (C=N–C) groups is 1. The van der Waals surface area contributed by atoms with Crippen LogP contribution in [-0.4, -0.2) is 45.0 Å². The van der Waals surface area contributed by atoms with Gasteiger partial charge in [-0.3, -0.25) is 4.99 Å². The van der Waals surface area contributed by atoms with Crippen LogP contribution in [0.25, 0.3) is 0 Å². The third-order valence-corrected chi connectivity index (χ3v) is 5.40. The molecular formula is C18H34N4. The first-order valence-electron chi connectivity index (χ1n) is 8.98. The van der Waals surface area contributed by atoms with Crippen molar-refractivity contribution >= 4 is 5.71 Å². The molecule has 1 aliphatic carbocycles. The van der Waals surface area contributed by atoms with Crippen LogP contribution in [-0.2, 0) is 0 Å². The third kappa shape index (κ3) is 4.40. The van der Waals surface area contributed by atoms with Gasteiger partial charge in [0.05, 0.1) is 0 Å². The van der Waals surface area contributed by atoms with E-state index in [1.807, 2.05) is 0 Å². The van der Waals surface area contributed by atoms with Crippen molar-refractivity contribution in [2.75, 3.05) is 33.2 Å². The summed E-state index contributed by atoms with van der Waals surface area (Å²) in [4.78, 5) is 4.89. The van der Waals surface area contributed by atoms with Gasteiger partial charge in [0.1, 0.15) is 0 Å². The van der Waals surface area contributed by atoms with Gasteiger partial charge in [-0.1, -0.05) is 19.1 Å². The van der Waals surface area contributed by atoms with Crippen LogP contribution in [0.4, 0.5) is 0 Å². The minimum absolute atomic E-state index is 0.499. The van der Waals surface area contributed by atoms with E-state index in [0.717, 1.165) is 38.5 Å². The van der Waals surface area contributed by atoms with E-state index in [2.05, 4.69) is 43.7 Å². The van der Waals surface area contributed by atoms with Crippen molar-refractivity contribution in [1.82, 2.24) is 10.6 Å². The number of nitrogens with zero attached hydrogens (tertiary/aromatic N) is 1. The standard InChI is InChI=1S/C18H34N4/c1-4-22-18(14-6-5-7-17(9-14)20-3)13(2)8-15(10-19)16-11-21-12-16/h5-6,13-17,20-21H,4,7-12,19H2,1-3H3. The van der Waals surface area contributed by atoms with Crippen LogP contribution in [0.3, 0.4) is 0 Å². The Hall–Kier alpha value is -0.710. The van der Waals surface area contributed by atoms with E-state index in [-0.39, 0.29) is 0 Å². The maximum absolute atomic E-state index is 6.04. The molecule has 0 aromatic rings. The molecule has 1 saturated heterocycles. The van der Waals surface area contributed by atoms with Crippen LogP contribution in [0.1, 0.15) is 33.1 Å². The SMILES string of the molecule is CCN=C(C(C)CC(CN)C1CNC1)C1C=CCC(NC)C1. The Bertz CT molecular complexity index is 387. The monoisotopic (exact) mass is 306 g/mol. The van der Waals surface area contributed by atoms with Gasteiger partial charge in [-0.2, -0.15) is 0 Å². The molecule has 2 rings (SSSR count). The highest BCUT2D eigenvalue weighted by Crippen LogP contribution is 2.29. The summed E-state index contributed by atoms with van der Waals surface area (Å²) in [6.45, 7) is 8.45. The topological polar surface area (TPSA) is 62.4 Å². The Kier molecular flexibility index (Phi) is 7.06. The summed E-state index contributed by atoms with van der Waals surface area (Å²) in [5.41, 5.74) is 7.43. The molecule has 4 heteroatoms. The lowest BCUT2D eigenvalue weighted by Crippen LogP contribution is -2.48. The quantitative estimate of drug-likeness (QED) is 0.473. The van der Waals surface area contributed by atoms with Crippen molar-refractivity contribution in [3.05, 3.63) is 12.2 Å². The maximum atomic E-state index is 6.04. The predicted octanol–water partition coefficient (Wildman–Crippen LogP) is 1.82. The third-order valence-electron chi connectivity index (χ3n) is 5.40. The van der Waals surface area contributed by atoms with Gasteiger partial charge in [0, 0.05) is 24.2 Å². The number of allylic oxidation sites excluding steroid dienone is 1. The number of rotatable bonds is 8. The van der Waals surface area contributed by atoms with Crippen molar-refractivity contribution < 1.29 is 0 Å². The molecule has 0 radical (unpaired) electrons. The van der Waals surface area contributed by atoms with Gasteiger partial charge in [0.15, 0.2) is 0 Å². The molecule has 4 nitrogen and oxygen atoms in total. The molecule has 0 saturated carbocycles. The second-order valence-corrected chi connectivity index (χ2v) is 6.94. The summed E-state index contributed by atoms with van der Waals surface area (Å²) in [7, 11) is 2.06. The molecule has 2 aliphatic rings. The van der Waals surface area contributed by atoms with Crippen molar-refractivity contribution in [3.63, 3.8) is 0 Å². The van der Waals surface area contributed by atoms with Crippen LogP contribution in [0.2, 0.25) is 0 Å². The fourth-order valence-electron chi connectivity index (χ4n) is 3.86. The molecule has 0 aromatic heterocycles. The number of nitrogens with one attached hydrogen (secondary N) is 2. The molecule has 4 N–H and O–H groups in total. The second-order valence-electron chi connectivity index (χ2n) is 6.94. The van der Waals surface area contributed by atoms with E-state index in [4.69, 9.17) is 10.7 Å². The van der Waals surface area contributed by atoms with Crippen LogP contribution in [0, 0.1) is 23.7 Å². The van der Waals surface area contributed by atoms with Crippen molar-refractivity contribution in [2.24, 2.45) is 34.4 Å². The zero-order valence-electron chi connectivity index (χ0n) is 14.5. The Morgan fingerprint density at radius 3 is 2.77 bits per heavy atom. The van der Waals surface area contributed by atoms with E-state index in [1.54, 1.807) is 0 Å². The highest BCUT2D eigenvalue weighted by Gasteiger charge is 2.30. The average molecular weight is 306 g/mol. The molecule has 0 aromatic carbocycles. The number of hydrogen-bond donors (Lipinski definition) is 3. The van der Waals surface area contributed by atoms with Crippen LogP contribution in [0.5, 0.6) is 0 Å². The first-order chi connectivity index (χ1) is 10.7. The largest absolute Gasteiger partial charge is 0.330 e. The van der Waals surface area contributed by atoms with Gasteiger partial charge >= 0.3 is 0 Å². The highest BCUT2D eigenvalue weighted by atomic mass is 15.0. The molecule has 0 spiro atoms. The Balaban J connectivity index is 2.01. The molecule has 126 valence electrons. The fourth-order valence-corrected chi connectivity index (χ4v) is 3.86. The maximum Gasteiger partial charge on any atom is 0.0360 e. The Morgan fingerprint density at radius 1 is 1.45 bits per heavy atom. The zero-order chi connectivity index (χ0) is 15.9. The van der Waals surface area contributed by atoms with Crippen molar-refractivity contribution in [3.8, 4) is 0 Å². The van der Waals surface area contributed by atoms with Crippen LogP contribution >= 0.6 is 0 Å². The lowest BCUT2D eigenvalue weighted by Gasteiger charge is -2.36. The summed E-state index contributed by atoms with van der Waals surface area (Å²) in [5, 5.41) is 6.80. The zero-order valence-corrected chi connectivity index (χ0v) is 14.5. The van der Waals surface area contributed by atoms with Gasteiger partial charge in [-0.25, -0.2) is 0 Å². The van der Waals surface area contributed by atoms with Crippen molar-refractivity contribution in [2.45, 2.75) is 39.2 Å². The van der Waals surface area contributed by atoms with E-state index in [0.29, 0.717) is 23.8 Å². The van der Waals surface area contributed by atoms with Crippen LogP contribution in [0.15, 0.2) is 17.1 Å². The number of hydrogen-bond acceptors (Lipinski definition) is 4. The summed E-state index contributed by atoms with van der Waals surface area (Å²) < 4.78 is 0. The molecule has 1 heterocycles. The van der Waals surface area contributed by atoms with Crippen molar-refractivity contribution in [1.29, 1.82) is 0 Å². The molecule has 0 amide bonds. The highest BCUT2D eigenvalue weighted by molar-refractivity contribution is 5.90. The average Bonchev–Trinajstić information content (AvgIpc) is 2.50. The van der Waals surface area contributed by atoms with Gasteiger partial charge in [0.2, 0.25) is 0 Å². The lowest BCUT2D eigenvalue weighted by atomic mass is 9.76. The Morgan fingerprint density at radius 2 is 2.23 bits per heavy atom. The lowest BCUT2D eigenvalue weighted by molar-refractivity contribution is 0.217. The smallest absolute Gasteiger partial charge is 0.0360 e. The molecule has 4 unspecified atom stereocenters. The van der Waals surface area contributed by atoms with E-state index in [1.165, 1.54) is 18.6 Å². The van der Waals surface area contributed by atoms with Gasteiger partial charge < -0.3 is 16.4 Å². The summed E-state index contributed by atoms with van der Waals surface area (Å²) in [6.07, 6.45) is 8.19. The summed E-state index contributed by atoms with van der Waals surface area (Å²) >= 11 is 0. The van der Waals surface area contributed by atoms with E-state index < -0.39 is 0 Å². The molecule has 22 heavy (non-hydrogen) atoms. The first kappa shape index (κ1) is 17.6. The Labute approximate surface area is 136 Å². The summed E-state index contributed by atoms with van der Waals surface area (Å²) in [6, 6.07) is 0.588. The number of nitrogens with two attached hydrogens (primary N) is 1. The minimum Gasteiger partial charge on any atom is -0.330 e. The fraction of sp³-hybridized carbons (Fsp3) is 0.833. The molecule has 4 atom stereocenters. The molecule has 0 bridgehead atoms. The van der Waals surface area contributed by atoms with E-state index >= 15 is 0 Å². The molecule has 1 aliphatic heterocycles. The second kappa shape index (κ2) is 8.80. The first-order valence-corrected chi connectivity index (χ1v) is 8.98. The van der Waals surface area contributed by atoms with E-state index in [9.17, 15) is 0 Å². The normalized spacial score (nSPS) is 29.2. The van der Waals surface area contributed by atoms with Gasteiger partial charge in [-0.05, 0) is 70.6 Å². The predicted molar refractivity (Wildman–Crippen MR) is 95.4 cm³/mol.